The molecule has 0 N–H and O–H groups in total. The van der Waals surface area contributed by atoms with E-state index in [0.717, 1.165) is 28.3 Å². The van der Waals surface area contributed by atoms with Crippen LogP contribution in [-0.4, -0.2) is 14.4 Å². The zero-order chi connectivity index (χ0) is 15.6. The highest BCUT2D eigenvalue weighted by Crippen LogP contribution is 2.33. The Balaban J connectivity index is 1.87. The zero-order valence-electron chi connectivity index (χ0n) is 13.2. The van der Waals surface area contributed by atoms with E-state index < -0.39 is 0 Å². The summed E-state index contributed by atoms with van der Waals surface area (Å²) in [4.78, 5) is 9.71. The van der Waals surface area contributed by atoms with Gasteiger partial charge in [0, 0.05) is 6.20 Å². The van der Waals surface area contributed by atoms with E-state index in [9.17, 15) is 0 Å². The molecule has 0 amide bonds. The van der Waals surface area contributed by atoms with Gasteiger partial charge in [-0.3, -0.25) is 4.40 Å². The first-order valence-corrected chi connectivity index (χ1v) is 9.00. The summed E-state index contributed by atoms with van der Waals surface area (Å²) >= 11 is 1.75. The molecule has 1 aromatic carbocycles. The summed E-state index contributed by atoms with van der Waals surface area (Å²) in [5.41, 5.74) is 4.41. The molecule has 0 spiro atoms. The molecule has 23 heavy (non-hydrogen) atoms. The lowest BCUT2D eigenvalue weighted by molar-refractivity contribution is 0.710. The second-order valence-corrected chi connectivity index (χ2v) is 6.81. The molecule has 0 aliphatic rings. The van der Waals surface area contributed by atoms with Gasteiger partial charge in [0.15, 0.2) is 0 Å². The molecule has 116 valence electrons. The van der Waals surface area contributed by atoms with E-state index in [1.54, 1.807) is 11.3 Å². The summed E-state index contributed by atoms with van der Waals surface area (Å²) in [6, 6.07) is 14.5. The molecule has 3 aromatic heterocycles. The van der Waals surface area contributed by atoms with Crippen molar-refractivity contribution in [3.05, 3.63) is 54.4 Å². The molecule has 0 radical (unpaired) electrons. The third-order valence-electron chi connectivity index (χ3n) is 4.12. The maximum Gasteiger partial charge on any atom is 0.143 e. The first-order valence-electron chi connectivity index (χ1n) is 8.18. The Bertz CT molecular complexity index is 918. The van der Waals surface area contributed by atoms with E-state index in [2.05, 4.69) is 47.9 Å². The van der Waals surface area contributed by atoms with Crippen LogP contribution in [-0.2, 0) is 6.42 Å². The van der Waals surface area contributed by atoms with E-state index in [-0.39, 0.29) is 0 Å². The van der Waals surface area contributed by atoms with Crippen LogP contribution in [0.15, 0.2) is 48.7 Å². The highest BCUT2D eigenvalue weighted by molar-refractivity contribution is 7.21. The first kappa shape index (κ1) is 14.4. The van der Waals surface area contributed by atoms with Crippen molar-refractivity contribution in [2.75, 3.05) is 0 Å². The quantitative estimate of drug-likeness (QED) is 0.464. The van der Waals surface area contributed by atoms with Gasteiger partial charge < -0.3 is 0 Å². The predicted octanol–water partition coefficient (Wildman–Crippen LogP) is 5.34. The van der Waals surface area contributed by atoms with E-state index in [4.69, 9.17) is 9.97 Å². The minimum absolute atomic E-state index is 1.01. The number of thiazole rings is 1. The summed E-state index contributed by atoms with van der Waals surface area (Å²) in [5.74, 6) is 0. The molecule has 0 aliphatic carbocycles. The van der Waals surface area contributed by atoms with Gasteiger partial charge >= 0.3 is 0 Å². The molecule has 4 rings (SSSR count). The molecule has 4 heteroatoms. The number of unbranched alkanes of at least 4 members (excludes halogenated alkanes) is 2. The lowest BCUT2D eigenvalue weighted by Gasteiger charge is -2.01. The SMILES string of the molecule is CCCCCc1nc2ccccn2c1-c1nc2ccccc2s1. The number of hydrogen-bond donors (Lipinski definition) is 0. The van der Waals surface area contributed by atoms with Crippen molar-refractivity contribution in [1.29, 1.82) is 0 Å². The number of fused-ring (bicyclic) bond motifs is 2. The van der Waals surface area contributed by atoms with Crippen LogP contribution in [0.3, 0.4) is 0 Å². The zero-order valence-corrected chi connectivity index (χ0v) is 14.0. The summed E-state index contributed by atoms with van der Waals surface area (Å²) in [6.07, 6.45) is 6.75. The van der Waals surface area contributed by atoms with Gasteiger partial charge in [-0.1, -0.05) is 38.0 Å². The highest BCUT2D eigenvalue weighted by atomic mass is 32.1. The number of nitrogens with zero attached hydrogens (tertiary/aromatic N) is 3. The Morgan fingerprint density at radius 1 is 1.00 bits per heavy atom. The van der Waals surface area contributed by atoms with Crippen molar-refractivity contribution in [3.63, 3.8) is 0 Å². The summed E-state index contributed by atoms with van der Waals surface area (Å²) in [7, 11) is 0. The largest absolute Gasteiger partial charge is 0.297 e. The van der Waals surface area contributed by atoms with Gasteiger partial charge in [0.25, 0.3) is 0 Å². The molecule has 4 aromatic rings. The molecule has 0 aliphatic heterocycles. The van der Waals surface area contributed by atoms with E-state index >= 15 is 0 Å². The Morgan fingerprint density at radius 2 is 1.87 bits per heavy atom. The van der Waals surface area contributed by atoms with Crippen LogP contribution in [0.2, 0.25) is 0 Å². The van der Waals surface area contributed by atoms with Gasteiger partial charge in [-0.25, -0.2) is 9.97 Å². The molecule has 3 heterocycles. The van der Waals surface area contributed by atoms with Crippen LogP contribution in [0.1, 0.15) is 31.9 Å². The number of para-hydroxylation sites is 1. The van der Waals surface area contributed by atoms with Crippen LogP contribution in [0, 0.1) is 0 Å². The minimum Gasteiger partial charge on any atom is -0.297 e. The number of aromatic nitrogens is 3. The predicted molar refractivity (Wildman–Crippen MR) is 97.0 cm³/mol. The number of imidazole rings is 1. The van der Waals surface area contributed by atoms with Gasteiger partial charge in [-0.2, -0.15) is 0 Å². The number of pyridine rings is 1. The summed E-state index contributed by atoms with van der Waals surface area (Å²) in [6.45, 7) is 2.23. The Hall–Kier alpha value is -2.20. The Kier molecular flexibility index (Phi) is 3.83. The highest BCUT2D eigenvalue weighted by Gasteiger charge is 2.17. The molecule has 0 bridgehead atoms. The van der Waals surface area contributed by atoms with Crippen molar-refractivity contribution in [2.24, 2.45) is 0 Å². The minimum atomic E-state index is 1.01. The molecule has 3 nitrogen and oxygen atoms in total. The third kappa shape index (κ3) is 2.63. The molecule has 0 atom stereocenters. The maximum absolute atomic E-state index is 4.86. The van der Waals surface area contributed by atoms with Gasteiger partial charge in [0.1, 0.15) is 16.3 Å². The average Bonchev–Trinajstić information content (AvgIpc) is 3.15. The number of benzene rings is 1. The van der Waals surface area contributed by atoms with Crippen molar-refractivity contribution in [2.45, 2.75) is 32.6 Å². The van der Waals surface area contributed by atoms with Crippen LogP contribution in [0.4, 0.5) is 0 Å². The van der Waals surface area contributed by atoms with Crippen LogP contribution < -0.4 is 0 Å². The van der Waals surface area contributed by atoms with Crippen LogP contribution in [0.25, 0.3) is 26.6 Å². The molecular formula is C19H19N3S. The molecule has 0 unspecified atom stereocenters. The molecule has 0 saturated carbocycles. The number of aryl methyl sites for hydroxylation is 1. The van der Waals surface area contributed by atoms with E-state index in [1.165, 1.54) is 29.7 Å². The number of hydrogen-bond acceptors (Lipinski definition) is 3. The fourth-order valence-electron chi connectivity index (χ4n) is 2.96. The lowest BCUT2D eigenvalue weighted by Crippen LogP contribution is -1.92. The van der Waals surface area contributed by atoms with Crippen molar-refractivity contribution >= 4 is 27.2 Å². The average molecular weight is 321 g/mol. The smallest absolute Gasteiger partial charge is 0.143 e. The van der Waals surface area contributed by atoms with E-state index in [1.807, 2.05) is 12.1 Å². The lowest BCUT2D eigenvalue weighted by atomic mass is 10.1. The normalized spacial score (nSPS) is 11.5. The molecular weight excluding hydrogens is 302 g/mol. The fourth-order valence-corrected chi connectivity index (χ4v) is 3.99. The fraction of sp³-hybridized carbons (Fsp3) is 0.263. The third-order valence-corrected chi connectivity index (χ3v) is 5.16. The first-order chi connectivity index (χ1) is 11.4. The second-order valence-electron chi connectivity index (χ2n) is 5.78. The van der Waals surface area contributed by atoms with Crippen molar-refractivity contribution in [1.82, 2.24) is 14.4 Å². The standard InChI is InChI=1S/C19H19N3S/c1-2-3-4-10-15-18(22-13-8-7-12-17(22)20-15)19-21-14-9-5-6-11-16(14)23-19/h5-9,11-13H,2-4,10H2,1H3. The Morgan fingerprint density at radius 3 is 2.74 bits per heavy atom. The van der Waals surface area contributed by atoms with E-state index in [0.29, 0.717) is 0 Å². The Labute approximate surface area is 139 Å². The second kappa shape index (κ2) is 6.13. The van der Waals surface area contributed by atoms with Gasteiger partial charge in [0.2, 0.25) is 0 Å². The topological polar surface area (TPSA) is 30.2 Å². The molecule has 0 saturated heterocycles. The van der Waals surface area contributed by atoms with Crippen molar-refractivity contribution < 1.29 is 0 Å². The maximum atomic E-state index is 4.86. The monoisotopic (exact) mass is 321 g/mol. The summed E-state index contributed by atoms with van der Waals surface area (Å²) < 4.78 is 3.41. The van der Waals surface area contributed by atoms with Crippen molar-refractivity contribution in [3.8, 4) is 10.7 Å². The van der Waals surface area contributed by atoms with Crippen LogP contribution >= 0.6 is 11.3 Å². The number of rotatable bonds is 5. The van der Waals surface area contributed by atoms with Gasteiger partial charge in [-0.15, -0.1) is 11.3 Å². The van der Waals surface area contributed by atoms with Crippen LogP contribution in [0.5, 0.6) is 0 Å². The van der Waals surface area contributed by atoms with Gasteiger partial charge in [-0.05, 0) is 37.1 Å². The summed E-state index contributed by atoms with van der Waals surface area (Å²) in [5, 5.41) is 1.07. The van der Waals surface area contributed by atoms with Gasteiger partial charge in [0.05, 0.1) is 15.9 Å². The molecule has 0 fully saturated rings.